The summed E-state index contributed by atoms with van der Waals surface area (Å²) >= 11 is 0. The highest BCUT2D eigenvalue weighted by molar-refractivity contribution is 5.82. The van der Waals surface area contributed by atoms with Gasteiger partial charge in [-0.3, -0.25) is 0 Å². The lowest BCUT2D eigenvalue weighted by molar-refractivity contribution is -0.137. The predicted octanol–water partition coefficient (Wildman–Crippen LogP) is 1.81. The smallest absolute Gasteiger partial charge is 0.409 e. The molecule has 1 amide bonds. The molecule has 142 valence electrons. The summed E-state index contributed by atoms with van der Waals surface area (Å²) < 4.78 is 10.0. The molecule has 0 aromatic heterocycles. The van der Waals surface area contributed by atoms with Crippen LogP contribution in [0, 0.1) is 0 Å². The van der Waals surface area contributed by atoms with Crippen molar-refractivity contribution in [3.05, 3.63) is 36.0 Å². The minimum absolute atomic E-state index is 0.222. The fraction of sp³-hybridized carbons (Fsp3) is 0.556. The first-order chi connectivity index (χ1) is 11.5. The summed E-state index contributed by atoms with van der Waals surface area (Å²) in [6, 6.07) is 0. The fourth-order valence-electron chi connectivity index (χ4n) is 1.61. The van der Waals surface area contributed by atoms with Gasteiger partial charge in [-0.05, 0) is 39.3 Å². The maximum atomic E-state index is 11.8. The van der Waals surface area contributed by atoms with Crippen molar-refractivity contribution in [2.24, 2.45) is 0 Å². The molecule has 2 N–H and O–H groups in total. The molecule has 7 heteroatoms. The highest BCUT2D eigenvalue weighted by atomic mass is 16.6. The lowest BCUT2D eigenvalue weighted by Gasteiger charge is -2.23. The second-order valence-electron chi connectivity index (χ2n) is 6.23. The number of amides is 1. The first kappa shape index (κ1) is 22.9. The van der Waals surface area contributed by atoms with Crippen molar-refractivity contribution in [3.8, 4) is 0 Å². The van der Waals surface area contributed by atoms with Crippen LogP contribution in [0.2, 0.25) is 0 Å². The van der Waals surface area contributed by atoms with Crippen LogP contribution in [0.5, 0.6) is 0 Å². The molecule has 0 saturated carbocycles. The van der Waals surface area contributed by atoms with Crippen molar-refractivity contribution in [2.45, 2.75) is 45.5 Å². The molecule has 25 heavy (non-hydrogen) atoms. The number of nitrogens with zero attached hydrogens (tertiary/aromatic N) is 1. The number of rotatable bonds is 8. The number of esters is 1. The van der Waals surface area contributed by atoms with Crippen molar-refractivity contribution in [2.75, 3.05) is 20.7 Å². The lowest BCUT2D eigenvalue weighted by Crippen LogP contribution is -2.35. The Morgan fingerprint density at radius 1 is 1.24 bits per heavy atom. The second-order valence-corrected chi connectivity index (χ2v) is 6.23. The van der Waals surface area contributed by atoms with Crippen LogP contribution in [-0.2, 0) is 14.3 Å². The second kappa shape index (κ2) is 10.7. The minimum Gasteiger partial charge on any atom is -0.463 e. The van der Waals surface area contributed by atoms with Gasteiger partial charge in [0.05, 0.1) is 12.2 Å². The number of aliphatic hydroxyl groups is 2. The molecule has 0 saturated heterocycles. The molecule has 0 heterocycles. The standard InChI is InChI=1S/C18H29NO6/c1-7-24-15(20)12-13(2)16(21)14(25-17(22)19(5)6)10-8-9-11-18(3,4)23/h8-12,14,16,21,23H,7H2,1-6H3/b10-8-,11-9+,13-12+/t14-,16+/m0/s1. The van der Waals surface area contributed by atoms with E-state index in [0.717, 1.165) is 6.08 Å². The first-order valence-corrected chi connectivity index (χ1v) is 7.97. The summed E-state index contributed by atoms with van der Waals surface area (Å²) in [7, 11) is 3.04. The summed E-state index contributed by atoms with van der Waals surface area (Å²) in [4.78, 5) is 24.5. The van der Waals surface area contributed by atoms with E-state index in [2.05, 4.69) is 0 Å². The molecule has 0 rings (SSSR count). The number of hydrogen-bond donors (Lipinski definition) is 2. The summed E-state index contributed by atoms with van der Waals surface area (Å²) in [5.41, 5.74) is -0.690. The zero-order valence-electron chi connectivity index (χ0n) is 15.7. The van der Waals surface area contributed by atoms with E-state index in [1.54, 1.807) is 45.9 Å². The van der Waals surface area contributed by atoms with Crippen LogP contribution in [0.15, 0.2) is 36.0 Å². The van der Waals surface area contributed by atoms with Gasteiger partial charge in [-0.25, -0.2) is 9.59 Å². The molecule has 0 aliphatic rings. The monoisotopic (exact) mass is 355 g/mol. The van der Waals surface area contributed by atoms with Gasteiger partial charge < -0.3 is 24.6 Å². The summed E-state index contributed by atoms with van der Waals surface area (Å²) in [6.45, 7) is 6.67. The number of carbonyl (C=O) groups excluding carboxylic acids is 2. The van der Waals surface area contributed by atoms with Gasteiger partial charge in [0, 0.05) is 20.2 Å². The van der Waals surface area contributed by atoms with Gasteiger partial charge >= 0.3 is 12.1 Å². The molecule has 2 atom stereocenters. The fourth-order valence-corrected chi connectivity index (χ4v) is 1.61. The van der Waals surface area contributed by atoms with Crippen LogP contribution in [-0.4, -0.2) is 65.7 Å². The molecule has 0 aromatic rings. The predicted molar refractivity (Wildman–Crippen MR) is 94.9 cm³/mol. The van der Waals surface area contributed by atoms with Crippen LogP contribution in [0.4, 0.5) is 4.79 Å². The maximum Gasteiger partial charge on any atom is 0.409 e. The molecule has 7 nitrogen and oxygen atoms in total. The van der Waals surface area contributed by atoms with Crippen molar-refractivity contribution < 1.29 is 29.3 Å². The largest absolute Gasteiger partial charge is 0.463 e. The molecule has 0 aliphatic heterocycles. The van der Waals surface area contributed by atoms with Gasteiger partial charge in [-0.1, -0.05) is 18.2 Å². The van der Waals surface area contributed by atoms with Crippen LogP contribution in [0.1, 0.15) is 27.7 Å². The van der Waals surface area contributed by atoms with Crippen LogP contribution in [0.3, 0.4) is 0 Å². The van der Waals surface area contributed by atoms with E-state index in [4.69, 9.17) is 9.47 Å². The van der Waals surface area contributed by atoms with Gasteiger partial charge in [-0.2, -0.15) is 0 Å². The van der Waals surface area contributed by atoms with Crippen molar-refractivity contribution >= 4 is 12.1 Å². The number of carbonyl (C=O) groups is 2. The third-order valence-corrected chi connectivity index (χ3v) is 2.93. The van der Waals surface area contributed by atoms with Gasteiger partial charge in [0.1, 0.15) is 6.10 Å². The van der Waals surface area contributed by atoms with Gasteiger partial charge in [0.15, 0.2) is 6.10 Å². The molecular weight excluding hydrogens is 326 g/mol. The summed E-state index contributed by atoms with van der Waals surface area (Å²) in [5.74, 6) is -0.581. The average Bonchev–Trinajstić information content (AvgIpc) is 2.48. The Morgan fingerprint density at radius 3 is 2.32 bits per heavy atom. The Kier molecular flexibility index (Phi) is 9.78. The maximum absolute atomic E-state index is 11.8. The van der Waals surface area contributed by atoms with Crippen LogP contribution >= 0.6 is 0 Å². The van der Waals surface area contributed by atoms with E-state index in [0.29, 0.717) is 5.57 Å². The number of allylic oxidation sites excluding steroid dienone is 2. The number of hydrogen-bond acceptors (Lipinski definition) is 6. The van der Waals surface area contributed by atoms with E-state index in [-0.39, 0.29) is 6.61 Å². The van der Waals surface area contributed by atoms with Crippen LogP contribution < -0.4 is 0 Å². The van der Waals surface area contributed by atoms with E-state index in [1.807, 2.05) is 0 Å². The van der Waals surface area contributed by atoms with Gasteiger partial charge in [-0.15, -0.1) is 0 Å². The zero-order chi connectivity index (χ0) is 19.6. The Labute approximate surface area is 149 Å². The summed E-state index contributed by atoms with van der Waals surface area (Å²) in [6.07, 6.45) is 4.43. The molecule has 0 bridgehead atoms. The normalized spacial score (nSPS) is 15.3. The molecule has 0 radical (unpaired) electrons. The zero-order valence-corrected chi connectivity index (χ0v) is 15.7. The van der Waals surface area contributed by atoms with E-state index < -0.39 is 29.9 Å². The third-order valence-electron chi connectivity index (χ3n) is 2.93. The van der Waals surface area contributed by atoms with Crippen molar-refractivity contribution in [3.63, 3.8) is 0 Å². The lowest BCUT2D eigenvalue weighted by atomic mass is 10.0. The Bertz CT molecular complexity index is 528. The highest BCUT2D eigenvalue weighted by Crippen LogP contribution is 2.13. The molecular formula is C18H29NO6. The average molecular weight is 355 g/mol. The Morgan fingerprint density at radius 2 is 1.84 bits per heavy atom. The molecule has 0 aliphatic carbocycles. The van der Waals surface area contributed by atoms with Crippen LogP contribution in [0.25, 0.3) is 0 Å². The topological polar surface area (TPSA) is 96.3 Å². The van der Waals surface area contributed by atoms with Gasteiger partial charge in [0.25, 0.3) is 0 Å². The quantitative estimate of drug-likeness (QED) is 0.392. The molecule has 0 fully saturated rings. The van der Waals surface area contributed by atoms with E-state index >= 15 is 0 Å². The molecule has 0 spiro atoms. The van der Waals surface area contributed by atoms with E-state index in [1.165, 1.54) is 25.1 Å². The first-order valence-electron chi connectivity index (χ1n) is 7.97. The minimum atomic E-state index is -1.22. The van der Waals surface area contributed by atoms with Crippen molar-refractivity contribution in [1.29, 1.82) is 0 Å². The van der Waals surface area contributed by atoms with E-state index in [9.17, 15) is 19.8 Å². The Balaban J connectivity index is 5.29. The summed E-state index contributed by atoms with van der Waals surface area (Å²) in [5, 5.41) is 20.0. The number of ether oxygens (including phenoxy) is 2. The van der Waals surface area contributed by atoms with Crippen molar-refractivity contribution in [1.82, 2.24) is 4.90 Å². The highest BCUT2D eigenvalue weighted by Gasteiger charge is 2.23. The molecule has 0 aromatic carbocycles. The third kappa shape index (κ3) is 10.4. The SMILES string of the molecule is CCOC(=O)/C=C(\C)[C@@H](O)[C@H](/C=C\C=C\C(C)(C)O)OC(=O)N(C)C. The van der Waals surface area contributed by atoms with Gasteiger partial charge in [0.2, 0.25) is 0 Å². The molecule has 0 unspecified atom stereocenters. The number of aliphatic hydroxyl groups excluding tert-OH is 1. The Hall–Kier alpha value is -2.12.